The zero-order valence-electron chi connectivity index (χ0n) is 12.1. The van der Waals surface area contributed by atoms with Crippen LogP contribution in [0.25, 0.3) is 0 Å². The molecule has 0 aromatic rings. The van der Waals surface area contributed by atoms with Gasteiger partial charge in [0.05, 0.1) is 5.03 Å². The molecule has 19 heavy (non-hydrogen) atoms. The smallest absolute Gasteiger partial charge is 0.0505 e. The molecule has 1 aliphatic rings. The Bertz CT molecular complexity index is 316. The van der Waals surface area contributed by atoms with Crippen LogP contribution in [0.1, 0.15) is 33.6 Å². The van der Waals surface area contributed by atoms with Gasteiger partial charge in [-0.25, -0.2) is 0 Å². The van der Waals surface area contributed by atoms with E-state index >= 15 is 0 Å². The van der Waals surface area contributed by atoms with Gasteiger partial charge in [-0.3, -0.25) is 0 Å². The van der Waals surface area contributed by atoms with E-state index in [4.69, 9.17) is 16.3 Å². The van der Waals surface area contributed by atoms with E-state index in [1.807, 2.05) is 32.9 Å². The van der Waals surface area contributed by atoms with E-state index < -0.39 is 0 Å². The quantitative estimate of drug-likeness (QED) is 0.707. The van der Waals surface area contributed by atoms with Gasteiger partial charge in [-0.15, -0.1) is 0 Å². The van der Waals surface area contributed by atoms with E-state index in [0.717, 1.165) is 42.8 Å². The van der Waals surface area contributed by atoms with Crippen molar-refractivity contribution in [2.24, 2.45) is 5.92 Å². The first kappa shape index (κ1) is 18.8. The third kappa shape index (κ3) is 9.31. The highest BCUT2D eigenvalue weighted by Crippen LogP contribution is 2.17. The summed E-state index contributed by atoms with van der Waals surface area (Å²) < 4.78 is 6.24. The van der Waals surface area contributed by atoms with Crippen LogP contribution in [0.3, 0.4) is 0 Å². The molecule has 0 amide bonds. The minimum absolute atomic E-state index is 0.692. The van der Waals surface area contributed by atoms with Crippen LogP contribution in [0.15, 0.2) is 33.9 Å². The van der Waals surface area contributed by atoms with Crippen LogP contribution in [0.5, 0.6) is 0 Å². The first-order valence-corrected chi connectivity index (χ1v) is 7.97. The number of halogens is 2. The highest BCUT2D eigenvalue weighted by Gasteiger charge is 2.12. The summed E-state index contributed by atoms with van der Waals surface area (Å²) in [5.74, 6) is 0.692. The van der Waals surface area contributed by atoms with E-state index in [0.29, 0.717) is 11.0 Å². The van der Waals surface area contributed by atoms with Crippen LogP contribution >= 0.6 is 27.5 Å². The van der Waals surface area contributed by atoms with Gasteiger partial charge in [0.25, 0.3) is 0 Å². The van der Waals surface area contributed by atoms with Crippen LogP contribution < -0.4 is 5.32 Å². The molecule has 0 aromatic carbocycles. The van der Waals surface area contributed by atoms with Crippen molar-refractivity contribution in [2.45, 2.75) is 33.6 Å². The molecule has 110 valence electrons. The second kappa shape index (κ2) is 11.6. The standard InChI is InChI=1S/C13H19BrClNO.C2H6/c1-10(3-4-13(15)11(2)14)16-9-12-5-7-17-8-6-12;1-2/h3-4,12,16H,1,5-9H2,2H3;1-2H3/b4-3-,13-11-;. The molecule has 0 bridgehead atoms. The van der Waals surface area contributed by atoms with Gasteiger partial charge in [-0.2, -0.15) is 0 Å². The summed E-state index contributed by atoms with van der Waals surface area (Å²) in [6.07, 6.45) is 5.99. The van der Waals surface area contributed by atoms with Crippen LogP contribution in [-0.4, -0.2) is 19.8 Å². The van der Waals surface area contributed by atoms with Crippen molar-refractivity contribution in [3.05, 3.63) is 33.9 Å². The van der Waals surface area contributed by atoms with E-state index in [1.54, 1.807) is 0 Å². The molecular formula is C15H25BrClNO. The van der Waals surface area contributed by atoms with Crippen LogP contribution in [0.2, 0.25) is 0 Å². The van der Waals surface area contributed by atoms with Gasteiger partial charge in [0.1, 0.15) is 0 Å². The molecule has 0 radical (unpaired) electrons. The highest BCUT2D eigenvalue weighted by molar-refractivity contribution is 9.11. The molecule has 1 N–H and O–H groups in total. The van der Waals surface area contributed by atoms with Gasteiger partial charge < -0.3 is 10.1 Å². The zero-order chi connectivity index (χ0) is 14.7. The Morgan fingerprint density at radius 1 is 1.37 bits per heavy atom. The Morgan fingerprint density at radius 2 is 1.95 bits per heavy atom. The molecule has 1 rings (SSSR count). The number of nitrogens with one attached hydrogen (secondary N) is 1. The number of ether oxygens (including phenoxy) is 1. The maximum atomic E-state index is 5.97. The monoisotopic (exact) mass is 349 g/mol. The Balaban J connectivity index is 0.00000154. The van der Waals surface area contributed by atoms with Crippen molar-refractivity contribution in [1.82, 2.24) is 5.32 Å². The molecule has 0 saturated carbocycles. The molecule has 0 atom stereocenters. The third-order valence-electron chi connectivity index (χ3n) is 2.72. The molecular weight excluding hydrogens is 326 g/mol. The van der Waals surface area contributed by atoms with Crippen molar-refractivity contribution in [3.63, 3.8) is 0 Å². The lowest BCUT2D eigenvalue weighted by Gasteiger charge is -2.22. The van der Waals surface area contributed by atoms with Crippen LogP contribution in [-0.2, 0) is 4.74 Å². The van der Waals surface area contributed by atoms with Crippen LogP contribution in [0, 0.1) is 5.92 Å². The molecule has 1 saturated heterocycles. The Labute approximate surface area is 131 Å². The van der Waals surface area contributed by atoms with Gasteiger partial charge in [0.15, 0.2) is 0 Å². The van der Waals surface area contributed by atoms with Crippen molar-refractivity contribution >= 4 is 27.5 Å². The molecule has 1 aliphatic heterocycles. The minimum Gasteiger partial charge on any atom is -0.385 e. The summed E-state index contributed by atoms with van der Waals surface area (Å²) in [5.41, 5.74) is 0.892. The summed E-state index contributed by atoms with van der Waals surface area (Å²) >= 11 is 9.29. The van der Waals surface area contributed by atoms with Gasteiger partial charge in [0, 0.05) is 29.9 Å². The number of allylic oxidation sites excluding steroid dienone is 4. The summed E-state index contributed by atoms with van der Waals surface area (Å²) in [4.78, 5) is 0. The molecule has 0 unspecified atom stereocenters. The van der Waals surface area contributed by atoms with Crippen molar-refractivity contribution in [3.8, 4) is 0 Å². The Morgan fingerprint density at radius 3 is 2.47 bits per heavy atom. The fraction of sp³-hybridized carbons (Fsp3) is 0.600. The van der Waals surface area contributed by atoms with Crippen molar-refractivity contribution in [1.29, 1.82) is 0 Å². The second-order valence-corrected chi connectivity index (χ2v) is 5.77. The summed E-state index contributed by atoms with van der Waals surface area (Å²) in [5, 5.41) is 4.01. The lowest BCUT2D eigenvalue weighted by Crippen LogP contribution is -2.26. The highest BCUT2D eigenvalue weighted by atomic mass is 79.9. The fourth-order valence-corrected chi connectivity index (χ4v) is 1.77. The predicted molar refractivity (Wildman–Crippen MR) is 88.7 cm³/mol. The maximum Gasteiger partial charge on any atom is 0.0505 e. The first-order chi connectivity index (χ1) is 9.09. The molecule has 4 heteroatoms. The number of hydrogen-bond donors (Lipinski definition) is 1. The maximum absolute atomic E-state index is 5.97. The molecule has 1 fully saturated rings. The summed E-state index contributed by atoms with van der Waals surface area (Å²) in [6.45, 7) is 12.6. The van der Waals surface area contributed by atoms with Gasteiger partial charge >= 0.3 is 0 Å². The minimum atomic E-state index is 0.692. The fourth-order valence-electron chi connectivity index (χ4n) is 1.57. The zero-order valence-corrected chi connectivity index (χ0v) is 14.5. The summed E-state index contributed by atoms with van der Waals surface area (Å²) in [7, 11) is 0. The van der Waals surface area contributed by atoms with Crippen molar-refractivity contribution in [2.75, 3.05) is 19.8 Å². The van der Waals surface area contributed by atoms with E-state index in [1.165, 1.54) is 0 Å². The lowest BCUT2D eigenvalue weighted by molar-refractivity contribution is 0.0671. The van der Waals surface area contributed by atoms with Gasteiger partial charge in [-0.1, -0.05) is 48.0 Å². The molecule has 0 aliphatic carbocycles. The van der Waals surface area contributed by atoms with E-state index in [2.05, 4.69) is 27.8 Å². The van der Waals surface area contributed by atoms with E-state index in [9.17, 15) is 0 Å². The normalized spacial score (nSPS) is 17.5. The Hall–Kier alpha value is -0.250. The topological polar surface area (TPSA) is 21.3 Å². The summed E-state index contributed by atoms with van der Waals surface area (Å²) in [6, 6.07) is 0. The second-order valence-electron chi connectivity index (χ2n) is 4.18. The average molecular weight is 351 g/mol. The number of rotatable bonds is 5. The molecule has 1 heterocycles. The predicted octanol–water partition coefficient (Wildman–Crippen LogP) is 4.96. The first-order valence-electron chi connectivity index (χ1n) is 6.80. The number of hydrogen-bond acceptors (Lipinski definition) is 2. The van der Waals surface area contributed by atoms with Gasteiger partial charge in [0.2, 0.25) is 0 Å². The largest absolute Gasteiger partial charge is 0.385 e. The molecule has 0 aromatic heterocycles. The Kier molecular flexibility index (Phi) is 11.4. The molecule has 0 spiro atoms. The SMILES string of the molecule is C=C(/C=C\C(Cl)=C(/C)Br)NCC1CCOCC1.CC. The van der Waals surface area contributed by atoms with Gasteiger partial charge in [-0.05, 0) is 37.8 Å². The van der Waals surface area contributed by atoms with E-state index in [-0.39, 0.29) is 0 Å². The van der Waals surface area contributed by atoms with Crippen molar-refractivity contribution < 1.29 is 4.74 Å². The third-order valence-corrected chi connectivity index (χ3v) is 3.78. The average Bonchev–Trinajstić information content (AvgIpc) is 2.45. The molecule has 2 nitrogen and oxygen atoms in total. The lowest BCUT2D eigenvalue weighted by atomic mass is 10.0. The van der Waals surface area contributed by atoms with Crippen LogP contribution in [0.4, 0.5) is 0 Å².